The Balaban J connectivity index is 2.58. The van der Waals surface area contributed by atoms with Crippen LogP contribution in [0.15, 0.2) is 42.5 Å². The molecule has 0 atom stereocenters. The summed E-state index contributed by atoms with van der Waals surface area (Å²) < 4.78 is 9.93. The number of hydrogen-bond donors (Lipinski definition) is 1. The fourth-order valence-corrected chi connectivity index (χ4v) is 1.86. The van der Waals surface area contributed by atoms with E-state index in [0.29, 0.717) is 22.4 Å². The molecule has 1 N–H and O–H groups in total. The number of esters is 1. The van der Waals surface area contributed by atoms with Gasteiger partial charge in [-0.3, -0.25) is 0 Å². The molecule has 0 heterocycles. The van der Waals surface area contributed by atoms with Crippen LogP contribution in [0.2, 0.25) is 0 Å². The number of methoxy groups -OCH3 is 2. The monoisotopic (exact) mass is 258 g/mol. The van der Waals surface area contributed by atoms with E-state index in [1.165, 1.54) is 19.2 Å². The summed E-state index contributed by atoms with van der Waals surface area (Å²) in [7, 11) is 2.87. The number of para-hydroxylation sites is 1. The van der Waals surface area contributed by atoms with Gasteiger partial charge in [0.05, 0.1) is 19.8 Å². The number of phenols is 1. The molecule has 0 bridgehead atoms. The molecule has 0 saturated heterocycles. The number of phenolic OH excluding ortho intramolecular Hbond substituents is 1. The van der Waals surface area contributed by atoms with Gasteiger partial charge in [-0.1, -0.05) is 18.2 Å². The fraction of sp³-hybridized carbons (Fsp3) is 0.133. The molecule has 0 aliphatic carbocycles. The second-order valence-corrected chi connectivity index (χ2v) is 3.92. The fourth-order valence-electron chi connectivity index (χ4n) is 1.86. The number of carbonyl (C=O) groups excluding carboxylic acids is 1. The Kier molecular flexibility index (Phi) is 3.71. The van der Waals surface area contributed by atoms with Crippen molar-refractivity contribution in [2.75, 3.05) is 14.2 Å². The molecule has 0 spiro atoms. The van der Waals surface area contributed by atoms with Crippen LogP contribution in [0.1, 0.15) is 10.4 Å². The maximum atomic E-state index is 11.5. The average molecular weight is 258 g/mol. The van der Waals surface area contributed by atoms with E-state index >= 15 is 0 Å². The molecule has 98 valence electrons. The molecule has 0 aromatic heterocycles. The highest BCUT2D eigenvalue weighted by atomic mass is 16.5. The van der Waals surface area contributed by atoms with Crippen LogP contribution in [0.3, 0.4) is 0 Å². The molecular weight excluding hydrogens is 244 g/mol. The largest absolute Gasteiger partial charge is 0.507 e. The lowest BCUT2D eigenvalue weighted by Gasteiger charge is -2.11. The highest BCUT2D eigenvalue weighted by Crippen LogP contribution is 2.36. The Hall–Kier alpha value is -2.49. The normalized spacial score (nSPS) is 10.0. The molecule has 0 saturated carbocycles. The van der Waals surface area contributed by atoms with Gasteiger partial charge in [0.2, 0.25) is 0 Å². The van der Waals surface area contributed by atoms with Crippen molar-refractivity contribution in [3.63, 3.8) is 0 Å². The maximum absolute atomic E-state index is 11.5. The topological polar surface area (TPSA) is 55.8 Å². The summed E-state index contributed by atoms with van der Waals surface area (Å²) in [6, 6.07) is 11.8. The van der Waals surface area contributed by atoms with E-state index in [9.17, 15) is 9.90 Å². The van der Waals surface area contributed by atoms with E-state index in [4.69, 9.17) is 4.74 Å². The van der Waals surface area contributed by atoms with Gasteiger partial charge in [0.25, 0.3) is 0 Å². The lowest BCUT2D eigenvalue weighted by molar-refractivity contribution is 0.0601. The Bertz CT molecular complexity index is 605. The molecule has 2 rings (SSSR count). The van der Waals surface area contributed by atoms with Gasteiger partial charge < -0.3 is 14.6 Å². The first-order valence-electron chi connectivity index (χ1n) is 5.72. The van der Waals surface area contributed by atoms with E-state index in [1.807, 2.05) is 18.2 Å². The quantitative estimate of drug-likeness (QED) is 0.860. The third-order valence-electron chi connectivity index (χ3n) is 2.81. The summed E-state index contributed by atoms with van der Waals surface area (Å²) in [5.74, 6) is 0.258. The first-order chi connectivity index (χ1) is 9.17. The summed E-state index contributed by atoms with van der Waals surface area (Å²) in [6.07, 6.45) is 0. The molecule has 19 heavy (non-hydrogen) atoms. The molecule has 0 unspecified atom stereocenters. The van der Waals surface area contributed by atoms with Crippen LogP contribution >= 0.6 is 0 Å². The van der Waals surface area contributed by atoms with Gasteiger partial charge in [-0.2, -0.15) is 0 Å². The van der Waals surface area contributed by atoms with Gasteiger partial charge in [0, 0.05) is 11.1 Å². The minimum absolute atomic E-state index is 0.0807. The molecule has 0 amide bonds. The molecule has 0 aliphatic rings. The minimum atomic E-state index is -0.448. The second-order valence-electron chi connectivity index (χ2n) is 3.92. The van der Waals surface area contributed by atoms with Crippen molar-refractivity contribution in [3.05, 3.63) is 48.0 Å². The number of benzene rings is 2. The van der Waals surface area contributed by atoms with Crippen LogP contribution in [-0.4, -0.2) is 25.3 Å². The van der Waals surface area contributed by atoms with E-state index in [-0.39, 0.29) is 5.75 Å². The average Bonchev–Trinajstić information content (AvgIpc) is 2.47. The number of hydrogen-bond acceptors (Lipinski definition) is 4. The van der Waals surface area contributed by atoms with Crippen molar-refractivity contribution in [3.8, 4) is 22.6 Å². The number of ether oxygens (including phenoxy) is 2. The smallest absolute Gasteiger partial charge is 0.337 e. The summed E-state index contributed by atoms with van der Waals surface area (Å²) in [4.78, 5) is 11.5. The van der Waals surface area contributed by atoms with Gasteiger partial charge in [-0.15, -0.1) is 0 Å². The van der Waals surface area contributed by atoms with E-state index in [0.717, 1.165) is 0 Å². The van der Waals surface area contributed by atoms with Crippen molar-refractivity contribution < 1.29 is 19.4 Å². The molecule has 0 radical (unpaired) electrons. The van der Waals surface area contributed by atoms with Crippen LogP contribution in [0.5, 0.6) is 11.5 Å². The number of carbonyl (C=O) groups is 1. The third kappa shape index (κ3) is 2.52. The number of rotatable bonds is 3. The predicted molar refractivity (Wildman–Crippen MR) is 71.4 cm³/mol. The second kappa shape index (κ2) is 5.44. The van der Waals surface area contributed by atoms with E-state index in [1.54, 1.807) is 19.2 Å². The van der Waals surface area contributed by atoms with Crippen molar-refractivity contribution in [1.82, 2.24) is 0 Å². The molecule has 4 nitrogen and oxygen atoms in total. The molecule has 2 aromatic carbocycles. The molecule has 2 aromatic rings. The first-order valence-corrected chi connectivity index (χ1v) is 5.72. The Morgan fingerprint density at radius 2 is 1.79 bits per heavy atom. The lowest BCUT2D eigenvalue weighted by atomic mass is 10.0. The van der Waals surface area contributed by atoms with Crippen molar-refractivity contribution in [1.29, 1.82) is 0 Å². The highest BCUT2D eigenvalue weighted by Gasteiger charge is 2.13. The van der Waals surface area contributed by atoms with Gasteiger partial charge in [0.15, 0.2) is 0 Å². The summed E-state index contributed by atoms with van der Waals surface area (Å²) >= 11 is 0. The van der Waals surface area contributed by atoms with E-state index in [2.05, 4.69) is 4.74 Å². The van der Waals surface area contributed by atoms with Crippen molar-refractivity contribution >= 4 is 5.97 Å². The van der Waals surface area contributed by atoms with Crippen LogP contribution in [0.4, 0.5) is 0 Å². The third-order valence-corrected chi connectivity index (χ3v) is 2.81. The first kappa shape index (κ1) is 13.0. The summed E-state index contributed by atoms with van der Waals surface area (Å²) in [6.45, 7) is 0. The van der Waals surface area contributed by atoms with Crippen molar-refractivity contribution in [2.45, 2.75) is 0 Å². The lowest BCUT2D eigenvalue weighted by Crippen LogP contribution is -2.01. The standard InChI is InChI=1S/C15H14O4/c1-18-14-6-4-3-5-11(14)12-9-10(15(17)19-2)7-8-13(12)16/h3-9,16H,1-2H3. The predicted octanol–water partition coefficient (Wildman–Crippen LogP) is 2.85. The highest BCUT2D eigenvalue weighted by molar-refractivity contribution is 5.92. The van der Waals surface area contributed by atoms with Gasteiger partial charge in [0.1, 0.15) is 11.5 Å². The van der Waals surface area contributed by atoms with Gasteiger partial charge in [-0.05, 0) is 24.3 Å². The number of aromatic hydroxyl groups is 1. The van der Waals surface area contributed by atoms with Crippen LogP contribution in [0, 0.1) is 0 Å². The van der Waals surface area contributed by atoms with Crippen LogP contribution < -0.4 is 4.74 Å². The summed E-state index contributed by atoms with van der Waals surface area (Å²) in [5.41, 5.74) is 1.62. The Morgan fingerprint density at radius 1 is 1.05 bits per heavy atom. The van der Waals surface area contributed by atoms with Crippen molar-refractivity contribution in [2.24, 2.45) is 0 Å². The Morgan fingerprint density at radius 3 is 2.47 bits per heavy atom. The Labute approximate surface area is 111 Å². The zero-order valence-corrected chi connectivity index (χ0v) is 10.7. The van der Waals surface area contributed by atoms with Gasteiger partial charge in [-0.25, -0.2) is 4.79 Å². The minimum Gasteiger partial charge on any atom is -0.507 e. The maximum Gasteiger partial charge on any atom is 0.337 e. The summed E-state index contributed by atoms with van der Waals surface area (Å²) in [5, 5.41) is 9.96. The molecule has 0 fully saturated rings. The molecule has 4 heteroatoms. The van der Waals surface area contributed by atoms with Crippen LogP contribution in [0.25, 0.3) is 11.1 Å². The SMILES string of the molecule is COC(=O)c1ccc(O)c(-c2ccccc2OC)c1. The van der Waals surface area contributed by atoms with Crippen LogP contribution in [-0.2, 0) is 4.74 Å². The molecular formula is C15H14O4. The van der Waals surface area contributed by atoms with Gasteiger partial charge >= 0.3 is 5.97 Å². The van der Waals surface area contributed by atoms with E-state index < -0.39 is 5.97 Å². The molecule has 0 aliphatic heterocycles. The zero-order valence-electron chi connectivity index (χ0n) is 10.7. The zero-order chi connectivity index (χ0) is 13.8.